The molecule has 0 bridgehead atoms. The summed E-state index contributed by atoms with van der Waals surface area (Å²) >= 11 is 5.84. The third kappa shape index (κ3) is 2.15. The number of para-hydroxylation sites is 1. The van der Waals surface area contributed by atoms with Crippen LogP contribution in [-0.2, 0) is 0 Å². The number of H-pyrrole nitrogens is 1. The van der Waals surface area contributed by atoms with Crippen molar-refractivity contribution < 1.29 is 0 Å². The molecule has 0 saturated carbocycles. The zero-order valence-corrected chi connectivity index (χ0v) is 12.2. The molecule has 2 aromatic heterocycles. The molecule has 3 rings (SSSR count). The molecule has 0 saturated heterocycles. The molecule has 0 spiro atoms. The van der Waals surface area contributed by atoms with Crippen molar-refractivity contribution in [2.75, 3.05) is 0 Å². The second-order valence-electron chi connectivity index (χ2n) is 4.81. The summed E-state index contributed by atoms with van der Waals surface area (Å²) in [7, 11) is 0. The van der Waals surface area contributed by atoms with E-state index in [1.165, 1.54) is 0 Å². The summed E-state index contributed by atoms with van der Waals surface area (Å²) in [5, 5.41) is 0.919. The quantitative estimate of drug-likeness (QED) is 0.702. The molecule has 0 aliphatic heterocycles. The first-order valence-corrected chi connectivity index (χ1v) is 6.75. The number of halogens is 1. The van der Waals surface area contributed by atoms with Gasteiger partial charge in [0, 0.05) is 11.1 Å². The number of nitrogens with one attached hydrogen (secondary N) is 1. The summed E-state index contributed by atoms with van der Waals surface area (Å²) in [5.74, 6) is 0. The Kier molecular flexibility index (Phi) is 3.14. The van der Waals surface area contributed by atoms with Gasteiger partial charge in [-0.15, -0.1) is 0 Å². The Balaban J connectivity index is 2.47. The van der Waals surface area contributed by atoms with Gasteiger partial charge in [-0.3, -0.25) is 14.8 Å². The minimum absolute atomic E-state index is 0.0608. The first-order valence-electron chi connectivity index (χ1n) is 6.37. The van der Waals surface area contributed by atoms with Crippen LogP contribution in [0.4, 0.5) is 0 Å². The van der Waals surface area contributed by atoms with Gasteiger partial charge in [-0.2, -0.15) is 0 Å². The van der Waals surface area contributed by atoms with Crippen LogP contribution in [0.1, 0.15) is 11.3 Å². The highest BCUT2D eigenvalue weighted by atomic mass is 35.5. The number of hydrogen-bond acceptors (Lipinski definition) is 3. The molecule has 0 radical (unpaired) electrons. The number of pyridine rings is 1. The van der Waals surface area contributed by atoms with E-state index in [9.17, 15) is 9.59 Å². The topological polar surface area (TPSA) is 67.8 Å². The third-order valence-electron chi connectivity index (χ3n) is 3.35. The Hall–Kier alpha value is -2.40. The Morgan fingerprint density at radius 2 is 1.90 bits per heavy atom. The average Bonchev–Trinajstić information content (AvgIpc) is 2.45. The summed E-state index contributed by atoms with van der Waals surface area (Å²) in [6.45, 7) is 3.43. The molecule has 5 nitrogen and oxygen atoms in total. The third-order valence-corrected chi connectivity index (χ3v) is 3.73. The van der Waals surface area contributed by atoms with Gasteiger partial charge in [0.1, 0.15) is 5.15 Å². The van der Waals surface area contributed by atoms with E-state index in [0.29, 0.717) is 16.8 Å². The Morgan fingerprint density at radius 3 is 2.67 bits per heavy atom. The van der Waals surface area contributed by atoms with Crippen LogP contribution in [0.25, 0.3) is 16.6 Å². The van der Waals surface area contributed by atoms with Gasteiger partial charge in [-0.05, 0) is 26.0 Å². The van der Waals surface area contributed by atoms with Gasteiger partial charge in [-0.1, -0.05) is 29.8 Å². The van der Waals surface area contributed by atoms with Crippen LogP contribution in [0, 0.1) is 13.8 Å². The molecule has 6 heteroatoms. The second kappa shape index (κ2) is 4.86. The molecule has 0 aliphatic rings. The Bertz CT molecular complexity index is 973. The lowest BCUT2D eigenvalue weighted by Gasteiger charge is -2.09. The molecule has 21 heavy (non-hydrogen) atoms. The van der Waals surface area contributed by atoms with Crippen LogP contribution < -0.4 is 11.2 Å². The maximum absolute atomic E-state index is 12.4. The van der Waals surface area contributed by atoms with E-state index in [0.717, 1.165) is 15.6 Å². The van der Waals surface area contributed by atoms with Crippen LogP contribution >= 0.6 is 11.6 Å². The minimum atomic E-state index is -0.577. The lowest BCUT2D eigenvalue weighted by molar-refractivity contribution is 0.863. The molecule has 0 unspecified atom stereocenters. The molecule has 1 aromatic carbocycles. The molecule has 0 atom stereocenters. The SMILES string of the molecule is Cc1ccc2cccc(-n3c(=O)[nH]c(Cl)c(C)c3=O)c2n1. The first kappa shape index (κ1) is 13.6. The summed E-state index contributed by atoms with van der Waals surface area (Å²) < 4.78 is 1.07. The normalized spacial score (nSPS) is 11.0. The van der Waals surface area contributed by atoms with E-state index in [1.54, 1.807) is 19.1 Å². The smallest absolute Gasteiger partial charge is 0.297 e. The molecule has 1 N–H and O–H groups in total. The summed E-state index contributed by atoms with van der Waals surface area (Å²) in [6, 6.07) is 9.14. The summed E-state index contributed by atoms with van der Waals surface area (Å²) in [4.78, 5) is 31.4. The van der Waals surface area contributed by atoms with Gasteiger partial charge in [0.15, 0.2) is 0 Å². The van der Waals surface area contributed by atoms with Crippen molar-refractivity contribution in [2.24, 2.45) is 0 Å². The number of fused-ring (bicyclic) bond motifs is 1. The molecule has 3 aromatic rings. The molecular weight excluding hydrogens is 290 g/mol. The van der Waals surface area contributed by atoms with E-state index in [1.807, 2.05) is 25.1 Å². The molecule has 106 valence electrons. The number of hydrogen-bond donors (Lipinski definition) is 1. The van der Waals surface area contributed by atoms with Crippen LogP contribution in [0.15, 0.2) is 39.9 Å². The van der Waals surface area contributed by atoms with Gasteiger partial charge >= 0.3 is 5.69 Å². The molecule has 0 aliphatic carbocycles. The summed E-state index contributed by atoms with van der Waals surface area (Å²) in [5.41, 5.74) is 1.13. The highest BCUT2D eigenvalue weighted by Crippen LogP contribution is 2.19. The number of aromatic nitrogens is 3. The van der Waals surface area contributed by atoms with E-state index < -0.39 is 11.2 Å². The van der Waals surface area contributed by atoms with Crippen LogP contribution in [0.5, 0.6) is 0 Å². The largest absolute Gasteiger partial charge is 0.334 e. The van der Waals surface area contributed by atoms with Crippen molar-refractivity contribution in [2.45, 2.75) is 13.8 Å². The number of rotatable bonds is 1. The Morgan fingerprint density at radius 1 is 1.14 bits per heavy atom. The highest BCUT2D eigenvalue weighted by molar-refractivity contribution is 6.30. The zero-order chi connectivity index (χ0) is 15.1. The van der Waals surface area contributed by atoms with Crippen molar-refractivity contribution in [1.29, 1.82) is 0 Å². The maximum Gasteiger partial charge on any atom is 0.334 e. The molecule has 2 heterocycles. The molecule has 0 amide bonds. The van der Waals surface area contributed by atoms with Crippen molar-refractivity contribution >= 4 is 22.5 Å². The van der Waals surface area contributed by atoms with Gasteiger partial charge in [0.2, 0.25) is 0 Å². The number of benzene rings is 1. The van der Waals surface area contributed by atoms with Crippen molar-refractivity contribution in [1.82, 2.24) is 14.5 Å². The Labute approximate surface area is 124 Å². The van der Waals surface area contributed by atoms with Gasteiger partial charge in [0.05, 0.1) is 16.8 Å². The molecular formula is C15H12ClN3O2. The first-order chi connectivity index (χ1) is 9.99. The van der Waals surface area contributed by atoms with Gasteiger partial charge in [0.25, 0.3) is 5.56 Å². The van der Waals surface area contributed by atoms with Crippen molar-refractivity contribution in [3.8, 4) is 5.69 Å². The van der Waals surface area contributed by atoms with Crippen molar-refractivity contribution in [3.63, 3.8) is 0 Å². The second-order valence-corrected chi connectivity index (χ2v) is 5.19. The number of nitrogens with zero attached hydrogens (tertiary/aromatic N) is 2. The standard InChI is InChI=1S/C15H12ClN3O2/c1-8-6-7-10-4-3-5-11(12(10)17-8)19-14(20)9(2)13(16)18-15(19)21/h3-7H,1-2H3,(H,18,21). The van der Waals surface area contributed by atoms with Crippen LogP contribution in [0.3, 0.4) is 0 Å². The lowest BCUT2D eigenvalue weighted by atomic mass is 10.1. The summed E-state index contributed by atoms with van der Waals surface area (Å²) in [6.07, 6.45) is 0. The number of aryl methyl sites for hydroxylation is 1. The molecule has 0 fully saturated rings. The van der Waals surface area contributed by atoms with Gasteiger partial charge in [-0.25, -0.2) is 9.36 Å². The lowest BCUT2D eigenvalue weighted by Crippen LogP contribution is -2.35. The predicted molar refractivity (Wildman–Crippen MR) is 82.4 cm³/mol. The van der Waals surface area contributed by atoms with E-state index in [4.69, 9.17) is 11.6 Å². The van der Waals surface area contributed by atoms with E-state index in [2.05, 4.69) is 9.97 Å². The van der Waals surface area contributed by atoms with E-state index in [-0.39, 0.29) is 5.15 Å². The van der Waals surface area contributed by atoms with Crippen LogP contribution in [-0.4, -0.2) is 14.5 Å². The monoisotopic (exact) mass is 301 g/mol. The fourth-order valence-corrected chi connectivity index (χ4v) is 2.39. The minimum Gasteiger partial charge on any atom is -0.297 e. The number of aromatic amines is 1. The fourth-order valence-electron chi connectivity index (χ4n) is 2.23. The highest BCUT2D eigenvalue weighted by Gasteiger charge is 2.13. The fraction of sp³-hybridized carbons (Fsp3) is 0.133. The van der Waals surface area contributed by atoms with Crippen LogP contribution in [0.2, 0.25) is 5.15 Å². The van der Waals surface area contributed by atoms with E-state index >= 15 is 0 Å². The average molecular weight is 302 g/mol. The van der Waals surface area contributed by atoms with Crippen molar-refractivity contribution in [3.05, 3.63) is 67.6 Å². The predicted octanol–water partition coefficient (Wildman–Crippen LogP) is 2.34. The van der Waals surface area contributed by atoms with Gasteiger partial charge < -0.3 is 0 Å². The zero-order valence-electron chi connectivity index (χ0n) is 11.5. The maximum atomic E-state index is 12.4.